The number of hydrogen-bond acceptors (Lipinski definition) is 1. The molecule has 1 fully saturated rings. The van der Waals surface area contributed by atoms with Gasteiger partial charge in [-0.1, -0.05) is 11.6 Å². The molecular formula is C9H12O. The van der Waals surface area contributed by atoms with E-state index in [1.54, 1.807) is 0 Å². The van der Waals surface area contributed by atoms with E-state index < -0.39 is 0 Å². The summed E-state index contributed by atoms with van der Waals surface area (Å²) in [5.74, 6) is 1.79. The van der Waals surface area contributed by atoms with Crippen LogP contribution >= 0.6 is 0 Å². The van der Waals surface area contributed by atoms with Gasteiger partial charge in [0.25, 0.3) is 0 Å². The summed E-state index contributed by atoms with van der Waals surface area (Å²) in [6.07, 6.45) is 5.12. The first-order chi connectivity index (χ1) is 4.77. The summed E-state index contributed by atoms with van der Waals surface area (Å²) in [7, 11) is 0. The fourth-order valence-electron chi connectivity index (χ4n) is 2.20. The Morgan fingerprint density at radius 3 is 3.00 bits per heavy atom. The lowest BCUT2D eigenvalue weighted by atomic mass is 9.96. The molecular weight excluding hydrogens is 124 g/mol. The Morgan fingerprint density at radius 2 is 2.30 bits per heavy atom. The second-order valence-corrected chi connectivity index (χ2v) is 3.50. The molecule has 0 unspecified atom stereocenters. The minimum Gasteiger partial charge on any atom is -0.300 e. The van der Waals surface area contributed by atoms with E-state index in [1.165, 1.54) is 5.57 Å². The largest absolute Gasteiger partial charge is 0.300 e. The molecule has 2 aliphatic rings. The van der Waals surface area contributed by atoms with Gasteiger partial charge in [0.05, 0.1) is 0 Å². The van der Waals surface area contributed by atoms with Crippen molar-refractivity contribution in [3.05, 3.63) is 11.6 Å². The monoisotopic (exact) mass is 136 g/mol. The van der Waals surface area contributed by atoms with E-state index in [1.807, 2.05) is 0 Å². The van der Waals surface area contributed by atoms with Crippen LogP contribution in [-0.2, 0) is 4.79 Å². The highest BCUT2D eigenvalue weighted by atomic mass is 16.1. The van der Waals surface area contributed by atoms with Crippen LogP contribution in [0.3, 0.4) is 0 Å². The molecule has 0 heterocycles. The molecule has 0 aliphatic heterocycles. The van der Waals surface area contributed by atoms with Gasteiger partial charge in [-0.25, -0.2) is 0 Å². The molecule has 0 N–H and O–H groups in total. The Kier molecular flexibility index (Phi) is 1.19. The van der Waals surface area contributed by atoms with Crippen LogP contribution in [0, 0.1) is 11.8 Å². The van der Waals surface area contributed by atoms with E-state index >= 15 is 0 Å². The van der Waals surface area contributed by atoms with Crippen molar-refractivity contribution >= 4 is 5.78 Å². The molecule has 10 heavy (non-hydrogen) atoms. The normalized spacial score (nSPS) is 38.1. The molecule has 0 bridgehead atoms. The van der Waals surface area contributed by atoms with Gasteiger partial charge in [-0.15, -0.1) is 0 Å². The van der Waals surface area contributed by atoms with Crippen molar-refractivity contribution in [2.24, 2.45) is 11.8 Å². The van der Waals surface area contributed by atoms with Crippen molar-refractivity contribution in [3.8, 4) is 0 Å². The first-order valence-electron chi connectivity index (χ1n) is 3.95. The minimum absolute atomic E-state index is 0.474. The fourth-order valence-corrected chi connectivity index (χ4v) is 2.20. The Hall–Kier alpha value is -0.590. The van der Waals surface area contributed by atoms with Crippen molar-refractivity contribution < 1.29 is 4.79 Å². The average Bonchev–Trinajstić information content (AvgIpc) is 2.35. The number of hydrogen-bond donors (Lipinski definition) is 0. The lowest BCUT2D eigenvalue weighted by molar-refractivity contribution is -0.117. The van der Waals surface area contributed by atoms with Crippen LogP contribution in [0.25, 0.3) is 0 Å². The highest BCUT2D eigenvalue weighted by molar-refractivity contribution is 5.82. The summed E-state index contributed by atoms with van der Waals surface area (Å²) in [6.45, 7) is 2.16. The van der Waals surface area contributed by atoms with Crippen molar-refractivity contribution in [3.63, 3.8) is 0 Å². The Labute approximate surface area is 61.1 Å². The maximum atomic E-state index is 11.0. The number of ketones is 1. The van der Waals surface area contributed by atoms with Gasteiger partial charge in [0.15, 0.2) is 0 Å². The summed E-state index contributed by atoms with van der Waals surface area (Å²) in [4.78, 5) is 11.0. The Bertz CT molecular complexity index is 203. The highest BCUT2D eigenvalue weighted by Crippen LogP contribution is 2.41. The summed E-state index contributed by atoms with van der Waals surface area (Å²) in [6, 6.07) is 0. The van der Waals surface area contributed by atoms with E-state index in [4.69, 9.17) is 0 Å². The van der Waals surface area contributed by atoms with Crippen LogP contribution in [0.5, 0.6) is 0 Å². The summed E-state index contributed by atoms with van der Waals surface area (Å²) in [5, 5.41) is 0. The Morgan fingerprint density at radius 1 is 1.50 bits per heavy atom. The zero-order valence-electron chi connectivity index (χ0n) is 6.26. The topological polar surface area (TPSA) is 17.1 Å². The van der Waals surface area contributed by atoms with Crippen LogP contribution < -0.4 is 0 Å². The van der Waals surface area contributed by atoms with Gasteiger partial charge < -0.3 is 0 Å². The van der Waals surface area contributed by atoms with Crippen LogP contribution in [0.15, 0.2) is 11.6 Å². The average molecular weight is 136 g/mol. The van der Waals surface area contributed by atoms with Crippen molar-refractivity contribution in [2.75, 3.05) is 0 Å². The zero-order valence-corrected chi connectivity index (χ0v) is 6.26. The van der Waals surface area contributed by atoms with Gasteiger partial charge in [-0.05, 0) is 25.2 Å². The number of fused-ring (bicyclic) bond motifs is 1. The number of Topliss-reactive ketones (excluding diaryl/α,β-unsaturated/α-hetero) is 1. The molecule has 0 aromatic rings. The smallest absolute Gasteiger partial charge is 0.133 e. The maximum Gasteiger partial charge on any atom is 0.133 e. The third-order valence-corrected chi connectivity index (χ3v) is 2.83. The summed E-state index contributed by atoms with van der Waals surface area (Å²) >= 11 is 0. The second-order valence-electron chi connectivity index (χ2n) is 3.50. The van der Waals surface area contributed by atoms with Crippen LogP contribution in [0.2, 0.25) is 0 Å². The quantitative estimate of drug-likeness (QED) is 0.465. The molecule has 0 spiro atoms. The first-order valence-corrected chi connectivity index (χ1v) is 3.95. The van der Waals surface area contributed by atoms with Crippen molar-refractivity contribution in [1.29, 1.82) is 0 Å². The number of allylic oxidation sites excluding steroid dienone is 2. The SMILES string of the molecule is CC1=CC[C@@H]2CC(=O)C[C@H]12. The molecule has 0 aromatic carbocycles. The lowest BCUT2D eigenvalue weighted by Crippen LogP contribution is -2.00. The predicted molar refractivity (Wildman–Crippen MR) is 39.6 cm³/mol. The van der Waals surface area contributed by atoms with Crippen LogP contribution in [0.1, 0.15) is 26.2 Å². The van der Waals surface area contributed by atoms with E-state index in [-0.39, 0.29) is 0 Å². The van der Waals surface area contributed by atoms with E-state index in [9.17, 15) is 4.79 Å². The number of carbonyl (C=O) groups is 1. The third-order valence-electron chi connectivity index (χ3n) is 2.83. The minimum atomic E-state index is 0.474. The second kappa shape index (κ2) is 1.94. The molecule has 0 amide bonds. The first kappa shape index (κ1) is 6.14. The maximum absolute atomic E-state index is 11.0. The molecule has 2 rings (SSSR count). The fraction of sp³-hybridized carbons (Fsp3) is 0.667. The predicted octanol–water partition coefficient (Wildman–Crippen LogP) is 1.93. The van der Waals surface area contributed by atoms with Crippen molar-refractivity contribution in [2.45, 2.75) is 26.2 Å². The van der Waals surface area contributed by atoms with Gasteiger partial charge in [0.1, 0.15) is 5.78 Å². The van der Waals surface area contributed by atoms with E-state index in [0.717, 1.165) is 19.3 Å². The molecule has 1 saturated carbocycles. The third kappa shape index (κ3) is 0.731. The standard InChI is InChI=1S/C9H12O/c1-6-2-3-7-4-8(10)5-9(6)7/h2,7,9H,3-5H2,1H3/t7-,9-/m1/s1. The van der Waals surface area contributed by atoms with E-state index in [2.05, 4.69) is 13.0 Å². The number of carbonyl (C=O) groups excluding carboxylic acids is 1. The molecule has 54 valence electrons. The molecule has 2 atom stereocenters. The molecule has 0 saturated heterocycles. The molecule has 0 aromatic heterocycles. The van der Waals surface area contributed by atoms with Crippen molar-refractivity contribution in [1.82, 2.24) is 0 Å². The lowest BCUT2D eigenvalue weighted by Gasteiger charge is -2.08. The molecule has 0 radical (unpaired) electrons. The Balaban J connectivity index is 2.20. The number of rotatable bonds is 0. The van der Waals surface area contributed by atoms with Gasteiger partial charge in [0.2, 0.25) is 0 Å². The highest BCUT2D eigenvalue weighted by Gasteiger charge is 2.36. The summed E-state index contributed by atoms with van der Waals surface area (Å²) in [5.41, 5.74) is 1.45. The van der Waals surface area contributed by atoms with Crippen LogP contribution in [0.4, 0.5) is 0 Å². The van der Waals surface area contributed by atoms with Gasteiger partial charge in [0, 0.05) is 12.8 Å². The molecule has 1 nitrogen and oxygen atoms in total. The molecule has 1 heteroatoms. The van der Waals surface area contributed by atoms with Gasteiger partial charge in [-0.3, -0.25) is 4.79 Å². The van der Waals surface area contributed by atoms with Gasteiger partial charge >= 0.3 is 0 Å². The van der Waals surface area contributed by atoms with Crippen LogP contribution in [-0.4, -0.2) is 5.78 Å². The zero-order chi connectivity index (χ0) is 7.14. The van der Waals surface area contributed by atoms with Gasteiger partial charge in [-0.2, -0.15) is 0 Å². The summed E-state index contributed by atoms with van der Waals surface area (Å²) < 4.78 is 0. The molecule has 2 aliphatic carbocycles. The van der Waals surface area contributed by atoms with E-state index in [0.29, 0.717) is 17.6 Å².